The fourth-order valence-electron chi connectivity index (χ4n) is 4.84. The number of benzene rings is 3. The third kappa shape index (κ3) is 5.93. The van der Waals surface area contributed by atoms with Crippen molar-refractivity contribution in [3.63, 3.8) is 0 Å². The molecule has 5 rings (SSSR count). The number of unbranched alkanes of at least 4 members (excludes halogenated alkanes) is 1. The van der Waals surface area contributed by atoms with E-state index in [2.05, 4.69) is 45.3 Å². The van der Waals surface area contributed by atoms with E-state index < -0.39 is 0 Å². The van der Waals surface area contributed by atoms with Crippen LogP contribution in [0.25, 0.3) is 21.9 Å². The Morgan fingerprint density at radius 3 is 2.42 bits per heavy atom. The molecule has 0 aliphatic rings. The number of aryl methyl sites for hydroxylation is 1. The van der Waals surface area contributed by atoms with Gasteiger partial charge in [0.25, 0.3) is 0 Å². The number of nitrogens with two attached hydrogens (primary N) is 1. The van der Waals surface area contributed by atoms with E-state index in [0.717, 1.165) is 63.7 Å². The highest BCUT2D eigenvalue weighted by molar-refractivity contribution is 6.06. The Labute approximate surface area is 232 Å². The van der Waals surface area contributed by atoms with Crippen molar-refractivity contribution in [2.75, 3.05) is 12.3 Å². The van der Waals surface area contributed by atoms with Crippen molar-refractivity contribution in [2.45, 2.75) is 45.7 Å². The number of anilines is 1. The number of pyridine rings is 1. The first-order valence-electron chi connectivity index (χ1n) is 13.6. The number of phenolic OH excluding ortho intramolecular Hbond substituents is 2. The van der Waals surface area contributed by atoms with Gasteiger partial charge in [-0.2, -0.15) is 0 Å². The number of aromatic hydroxyl groups is 2. The molecule has 0 saturated heterocycles. The average molecular weight is 539 g/mol. The lowest BCUT2D eigenvalue weighted by molar-refractivity contribution is 0.240. The van der Waals surface area contributed by atoms with Gasteiger partial charge in [0.1, 0.15) is 11.3 Å². The zero-order valence-corrected chi connectivity index (χ0v) is 22.5. The van der Waals surface area contributed by atoms with E-state index in [9.17, 15) is 15.0 Å². The fraction of sp³-hybridized carbons (Fsp3) is 0.258. The summed E-state index contributed by atoms with van der Waals surface area (Å²) in [4.78, 5) is 21.7. The summed E-state index contributed by atoms with van der Waals surface area (Å²) < 4.78 is 2.26. The van der Waals surface area contributed by atoms with Crippen LogP contribution in [0.3, 0.4) is 0 Å². The van der Waals surface area contributed by atoms with Gasteiger partial charge in [-0.1, -0.05) is 61.9 Å². The van der Waals surface area contributed by atoms with Gasteiger partial charge in [0, 0.05) is 31.4 Å². The summed E-state index contributed by atoms with van der Waals surface area (Å²) in [7, 11) is 0. The molecule has 0 radical (unpaired) electrons. The number of rotatable bonds is 10. The lowest BCUT2D eigenvalue weighted by Gasteiger charge is -2.12. The quantitative estimate of drug-likeness (QED) is 0.158. The van der Waals surface area contributed by atoms with Crippen LogP contribution in [-0.2, 0) is 25.9 Å². The Balaban J connectivity index is 1.24. The number of imidazole rings is 1. The molecule has 2 aromatic heterocycles. The summed E-state index contributed by atoms with van der Waals surface area (Å²) in [6.45, 7) is 3.63. The van der Waals surface area contributed by atoms with Crippen molar-refractivity contribution in [3.8, 4) is 11.5 Å². The highest BCUT2D eigenvalue weighted by Gasteiger charge is 2.17. The third-order valence-electron chi connectivity index (χ3n) is 7.00. The number of phenols is 2. The van der Waals surface area contributed by atoms with E-state index in [1.807, 2.05) is 30.3 Å². The zero-order chi connectivity index (χ0) is 28.1. The first kappa shape index (κ1) is 26.8. The molecule has 0 aliphatic heterocycles. The number of fused-ring (bicyclic) bond motifs is 3. The monoisotopic (exact) mass is 538 g/mol. The largest absolute Gasteiger partial charge is 0.504 e. The van der Waals surface area contributed by atoms with Crippen LogP contribution in [0.5, 0.6) is 11.5 Å². The predicted octanol–water partition coefficient (Wildman–Crippen LogP) is 5.01. The van der Waals surface area contributed by atoms with Crippen LogP contribution in [0.2, 0.25) is 0 Å². The lowest BCUT2D eigenvalue weighted by Crippen LogP contribution is -2.36. The molecule has 0 spiro atoms. The van der Waals surface area contributed by atoms with Gasteiger partial charge >= 0.3 is 6.03 Å². The minimum absolute atomic E-state index is 0.161. The molecule has 9 heteroatoms. The number of carbonyl (C=O) groups excluding carboxylic acids is 1. The molecule has 206 valence electrons. The molecule has 3 aromatic carbocycles. The molecule has 0 unspecified atom stereocenters. The first-order chi connectivity index (χ1) is 19.4. The van der Waals surface area contributed by atoms with Gasteiger partial charge < -0.3 is 31.1 Å². The van der Waals surface area contributed by atoms with Crippen LogP contribution in [0, 0.1) is 0 Å². The molecule has 0 fully saturated rings. The number of carbonyl (C=O) groups is 1. The number of hydrogen-bond donors (Lipinski definition) is 5. The number of para-hydroxylation sites is 1. The maximum atomic E-state index is 12.3. The second-order valence-corrected chi connectivity index (χ2v) is 9.93. The normalized spacial score (nSPS) is 11.2. The SMILES string of the molecule is CCCCc1nc2c(N)nc3ccccc3c2n1Cc1ccc(CNC(=O)NCCc2ccc(O)c(O)c2)cc1. The summed E-state index contributed by atoms with van der Waals surface area (Å²) >= 11 is 0. The Morgan fingerprint density at radius 2 is 1.65 bits per heavy atom. The number of hydrogen-bond acceptors (Lipinski definition) is 6. The van der Waals surface area contributed by atoms with E-state index in [4.69, 9.17) is 10.7 Å². The Hall–Kier alpha value is -4.79. The molecule has 5 aromatic rings. The second kappa shape index (κ2) is 11.9. The van der Waals surface area contributed by atoms with Gasteiger partial charge in [-0.3, -0.25) is 0 Å². The Kier molecular flexibility index (Phi) is 8.00. The Morgan fingerprint density at radius 1 is 0.900 bits per heavy atom. The van der Waals surface area contributed by atoms with Crippen LogP contribution in [0.1, 0.15) is 42.3 Å². The molecule has 0 atom stereocenters. The number of urea groups is 1. The highest BCUT2D eigenvalue weighted by atomic mass is 16.3. The third-order valence-corrected chi connectivity index (χ3v) is 7.00. The van der Waals surface area contributed by atoms with Crippen LogP contribution in [0.4, 0.5) is 10.6 Å². The summed E-state index contributed by atoms with van der Waals surface area (Å²) in [6, 6.07) is 20.6. The average Bonchev–Trinajstić information content (AvgIpc) is 3.32. The van der Waals surface area contributed by atoms with E-state index in [-0.39, 0.29) is 17.5 Å². The van der Waals surface area contributed by atoms with Crippen LogP contribution >= 0.6 is 0 Å². The van der Waals surface area contributed by atoms with E-state index in [0.29, 0.717) is 31.9 Å². The van der Waals surface area contributed by atoms with Gasteiger partial charge in [-0.05, 0) is 47.7 Å². The summed E-state index contributed by atoms with van der Waals surface area (Å²) in [6.07, 6.45) is 3.52. The minimum atomic E-state index is -0.268. The van der Waals surface area contributed by atoms with Crippen molar-refractivity contribution >= 4 is 33.8 Å². The summed E-state index contributed by atoms with van der Waals surface area (Å²) in [5.41, 5.74) is 11.9. The summed E-state index contributed by atoms with van der Waals surface area (Å²) in [5.74, 6) is 1.13. The number of nitrogens with zero attached hydrogens (tertiary/aromatic N) is 3. The number of nitrogen functional groups attached to an aromatic ring is 1. The van der Waals surface area contributed by atoms with Crippen LogP contribution in [-0.4, -0.2) is 37.3 Å². The molecule has 6 N–H and O–H groups in total. The van der Waals surface area contributed by atoms with E-state index in [1.165, 1.54) is 12.1 Å². The van der Waals surface area contributed by atoms with Crippen molar-refractivity contribution in [1.29, 1.82) is 0 Å². The molecule has 0 saturated carbocycles. The van der Waals surface area contributed by atoms with Gasteiger partial charge in [0.05, 0.1) is 11.0 Å². The lowest BCUT2D eigenvalue weighted by atomic mass is 10.1. The smallest absolute Gasteiger partial charge is 0.315 e. The van der Waals surface area contributed by atoms with E-state index in [1.54, 1.807) is 6.07 Å². The number of amides is 2. The van der Waals surface area contributed by atoms with Gasteiger partial charge in [0.2, 0.25) is 0 Å². The maximum Gasteiger partial charge on any atom is 0.315 e. The molecular formula is C31H34N6O3. The number of aromatic nitrogens is 3. The molecule has 0 bridgehead atoms. The fourth-order valence-corrected chi connectivity index (χ4v) is 4.84. The standard InChI is InChI=1S/C31H34N6O3/c1-2-3-8-27-36-28-29(23-6-4-5-7-24(23)35-30(28)32)37(27)19-22-11-9-21(10-12-22)18-34-31(40)33-16-15-20-13-14-25(38)26(39)17-20/h4-7,9-14,17,38-39H,2-3,8,15-16,18-19H2,1H3,(H2,32,35)(H2,33,34,40). The molecule has 2 heterocycles. The first-order valence-corrected chi connectivity index (χ1v) is 13.6. The van der Waals surface area contributed by atoms with Crippen LogP contribution in [0.15, 0.2) is 66.7 Å². The predicted molar refractivity (Wildman–Crippen MR) is 157 cm³/mol. The summed E-state index contributed by atoms with van der Waals surface area (Å²) in [5, 5.41) is 25.7. The van der Waals surface area contributed by atoms with Crippen molar-refractivity contribution < 1.29 is 15.0 Å². The van der Waals surface area contributed by atoms with Crippen molar-refractivity contribution in [1.82, 2.24) is 25.2 Å². The Bertz CT molecular complexity index is 1650. The van der Waals surface area contributed by atoms with Gasteiger partial charge in [-0.15, -0.1) is 0 Å². The zero-order valence-electron chi connectivity index (χ0n) is 22.5. The molecule has 9 nitrogen and oxygen atoms in total. The molecule has 0 aliphatic carbocycles. The second-order valence-electron chi connectivity index (χ2n) is 9.93. The van der Waals surface area contributed by atoms with Gasteiger partial charge in [-0.25, -0.2) is 14.8 Å². The van der Waals surface area contributed by atoms with Gasteiger partial charge in [0.15, 0.2) is 17.3 Å². The molecule has 2 amide bonds. The highest BCUT2D eigenvalue weighted by Crippen LogP contribution is 2.30. The number of nitrogens with one attached hydrogen (secondary N) is 2. The van der Waals surface area contributed by atoms with E-state index >= 15 is 0 Å². The van der Waals surface area contributed by atoms with Crippen molar-refractivity contribution in [3.05, 3.63) is 89.2 Å². The van der Waals surface area contributed by atoms with Crippen LogP contribution < -0.4 is 16.4 Å². The minimum Gasteiger partial charge on any atom is -0.504 e. The maximum absolute atomic E-state index is 12.3. The molecule has 40 heavy (non-hydrogen) atoms. The topological polar surface area (TPSA) is 138 Å². The van der Waals surface area contributed by atoms with Crippen molar-refractivity contribution in [2.24, 2.45) is 0 Å². The molecular weight excluding hydrogens is 504 g/mol.